The van der Waals surface area contributed by atoms with Crippen LogP contribution in [0, 0.1) is 5.92 Å². The molecule has 6 nitrogen and oxygen atoms in total. The lowest BCUT2D eigenvalue weighted by Gasteiger charge is -2.27. The Balaban J connectivity index is 2.01. The second-order valence-corrected chi connectivity index (χ2v) is 6.44. The number of rotatable bonds is 8. The third-order valence-corrected chi connectivity index (χ3v) is 3.99. The molecule has 6 heteroatoms. The topological polar surface area (TPSA) is 71.8 Å². The average molecular weight is 358 g/mol. The van der Waals surface area contributed by atoms with Gasteiger partial charge in [-0.1, -0.05) is 26.0 Å². The van der Waals surface area contributed by atoms with Crippen LogP contribution in [0.3, 0.4) is 0 Å². The number of carbonyl (C=O) groups is 2. The van der Waals surface area contributed by atoms with Crippen molar-refractivity contribution in [3.8, 4) is 5.75 Å². The second-order valence-electron chi connectivity index (χ2n) is 6.44. The van der Waals surface area contributed by atoms with Crippen LogP contribution < -0.4 is 10.1 Å². The highest BCUT2D eigenvalue weighted by Gasteiger charge is 2.28. The van der Waals surface area contributed by atoms with E-state index in [1.54, 1.807) is 24.1 Å². The van der Waals surface area contributed by atoms with Crippen molar-refractivity contribution in [3.05, 3.63) is 54.0 Å². The van der Waals surface area contributed by atoms with E-state index in [1.165, 1.54) is 6.26 Å². The quantitative estimate of drug-likeness (QED) is 0.787. The molecule has 140 valence electrons. The van der Waals surface area contributed by atoms with E-state index in [4.69, 9.17) is 9.15 Å². The van der Waals surface area contributed by atoms with E-state index in [0.717, 1.165) is 11.3 Å². The predicted molar refractivity (Wildman–Crippen MR) is 98.9 cm³/mol. The van der Waals surface area contributed by atoms with Crippen LogP contribution in [0.15, 0.2) is 47.1 Å². The van der Waals surface area contributed by atoms with Gasteiger partial charge in [0.25, 0.3) is 5.91 Å². The fourth-order valence-electron chi connectivity index (χ4n) is 2.58. The molecule has 0 aliphatic carbocycles. The third kappa shape index (κ3) is 5.12. The van der Waals surface area contributed by atoms with Crippen LogP contribution in [0.1, 0.15) is 36.9 Å². The highest BCUT2D eigenvalue weighted by atomic mass is 16.5. The SMILES string of the molecule is CCOc1ccc(CN(C)C(=O)C(NC(=O)c2ccco2)C(C)C)cc1. The molecule has 2 aromatic rings. The van der Waals surface area contributed by atoms with Gasteiger partial charge in [0.05, 0.1) is 12.9 Å². The van der Waals surface area contributed by atoms with Crippen LogP contribution in [0.4, 0.5) is 0 Å². The summed E-state index contributed by atoms with van der Waals surface area (Å²) in [6.07, 6.45) is 1.43. The van der Waals surface area contributed by atoms with Crippen LogP contribution >= 0.6 is 0 Å². The van der Waals surface area contributed by atoms with Crippen molar-refractivity contribution in [3.63, 3.8) is 0 Å². The Labute approximate surface area is 154 Å². The maximum Gasteiger partial charge on any atom is 0.287 e. The Hall–Kier alpha value is -2.76. The number of likely N-dealkylation sites (N-methyl/N-ethyl adjacent to an activating group) is 1. The Morgan fingerprint density at radius 3 is 2.42 bits per heavy atom. The molecule has 26 heavy (non-hydrogen) atoms. The van der Waals surface area contributed by atoms with Crippen molar-refractivity contribution in [2.24, 2.45) is 5.92 Å². The summed E-state index contributed by atoms with van der Waals surface area (Å²) in [6, 6.07) is 10.2. The summed E-state index contributed by atoms with van der Waals surface area (Å²) >= 11 is 0. The average Bonchev–Trinajstić information content (AvgIpc) is 3.15. The van der Waals surface area contributed by atoms with Crippen molar-refractivity contribution in [1.82, 2.24) is 10.2 Å². The molecule has 0 fully saturated rings. The Bertz CT molecular complexity index is 708. The molecule has 1 aromatic carbocycles. The van der Waals surface area contributed by atoms with Gasteiger partial charge in [0, 0.05) is 13.6 Å². The maximum atomic E-state index is 12.8. The van der Waals surface area contributed by atoms with E-state index in [2.05, 4.69) is 5.32 Å². The van der Waals surface area contributed by atoms with Gasteiger partial charge in [-0.15, -0.1) is 0 Å². The first-order chi connectivity index (χ1) is 12.4. The minimum absolute atomic E-state index is 0.0517. The molecule has 1 atom stereocenters. The summed E-state index contributed by atoms with van der Waals surface area (Å²) in [7, 11) is 1.73. The third-order valence-electron chi connectivity index (χ3n) is 3.99. The molecule has 0 saturated carbocycles. The van der Waals surface area contributed by atoms with Crippen molar-refractivity contribution in [2.45, 2.75) is 33.4 Å². The lowest BCUT2D eigenvalue weighted by Crippen LogP contribution is -2.49. The van der Waals surface area contributed by atoms with E-state index in [9.17, 15) is 9.59 Å². The van der Waals surface area contributed by atoms with Crippen LogP contribution in [-0.4, -0.2) is 36.4 Å². The Morgan fingerprint density at radius 2 is 1.88 bits per heavy atom. The van der Waals surface area contributed by atoms with Gasteiger partial charge < -0.3 is 19.4 Å². The molecule has 1 aromatic heterocycles. The van der Waals surface area contributed by atoms with Gasteiger partial charge in [0.1, 0.15) is 11.8 Å². The van der Waals surface area contributed by atoms with Gasteiger partial charge in [-0.25, -0.2) is 0 Å². The van der Waals surface area contributed by atoms with Crippen molar-refractivity contribution >= 4 is 11.8 Å². The first kappa shape index (κ1) is 19.6. The number of amides is 2. The summed E-state index contributed by atoms with van der Waals surface area (Å²) in [5, 5.41) is 2.77. The summed E-state index contributed by atoms with van der Waals surface area (Å²) in [5.41, 5.74) is 0.990. The zero-order valence-corrected chi connectivity index (χ0v) is 15.7. The van der Waals surface area contributed by atoms with Gasteiger partial charge in [-0.3, -0.25) is 9.59 Å². The maximum absolute atomic E-state index is 12.8. The number of hydrogen-bond donors (Lipinski definition) is 1. The Morgan fingerprint density at radius 1 is 1.19 bits per heavy atom. The lowest BCUT2D eigenvalue weighted by molar-refractivity contribution is -0.133. The molecule has 1 unspecified atom stereocenters. The summed E-state index contributed by atoms with van der Waals surface area (Å²) < 4.78 is 10.5. The van der Waals surface area contributed by atoms with Gasteiger partial charge >= 0.3 is 0 Å². The lowest BCUT2D eigenvalue weighted by atomic mass is 10.0. The molecule has 1 heterocycles. The second kappa shape index (κ2) is 9.08. The van der Waals surface area contributed by atoms with Gasteiger partial charge in [0.15, 0.2) is 5.76 Å². The van der Waals surface area contributed by atoms with E-state index in [0.29, 0.717) is 13.2 Å². The van der Waals surface area contributed by atoms with E-state index < -0.39 is 11.9 Å². The minimum Gasteiger partial charge on any atom is -0.494 e. The molecule has 0 saturated heterocycles. The van der Waals surface area contributed by atoms with Gasteiger partial charge in [-0.2, -0.15) is 0 Å². The molecule has 0 aliphatic heterocycles. The van der Waals surface area contributed by atoms with E-state index in [1.807, 2.05) is 45.0 Å². The monoisotopic (exact) mass is 358 g/mol. The zero-order valence-electron chi connectivity index (χ0n) is 15.7. The number of carbonyl (C=O) groups excluding carboxylic acids is 2. The van der Waals surface area contributed by atoms with Crippen molar-refractivity contribution in [1.29, 1.82) is 0 Å². The van der Waals surface area contributed by atoms with Crippen molar-refractivity contribution in [2.75, 3.05) is 13.7 Å². The molecular weight excluding hydrogens is 332 g/mol. The van der Waals surface area contributed by atoms with Gasteiger partial charge in [0.2, 0.25) is 5.91 Å². The van der Waals surface area contributed by atoms with E-state index in [-0.39, 0.29) is 17.6 Å². The summed E-state index contributed by atoms with van der Waals surface area (Å²) in [4.78, 5) is 26.6. The predicted octanol–water partition coefficient (Wildman–Crippen LogP) is 3.09. The fourth-order valence-corrected chi connectivity index (χ4v) is 2.58. The standard InChI is InChI=1S/C20H26N2O4/c1-5-25-16-10-8-15(9-11-16)13-22(4)20(24)18(14(2)3)21-19(23)17-7-6-12-26-17/h6-12,14,18H,5,13H2,1-4H3,(H,21,23). The molecule has 0 aliphatic rings. The van der Waals surface area contributed by atoms with E-state index >= 15 is 0 Å². The molecule has 1 N–H and O–H groups in total. The molecule has 0 bridgehead atoms. The molecular formula is C20H26N2O4. The number of benzene rings is 1. The highest BCUT2D eigenvalue weighted by Crippen LogP contribution is 2.15. The number of ether oxygens (including phenoxy) is 1. The molecule has 2 rings (SSSR count). The van der Waals surface area contributed by atoms with Crippen molar-refractivity contribution < 1.29 is 18.7 Å². The first-order valence-electron chi connectivity index (χ1n) is 8.73. The summed E-state index contributed by atoms with van der Waals surface area (Å²) in [5.74, 6) is 0.406. The molecule has 0 radical (unpaired) electrons. The molecule has 0 spiro atoms. The van der Waals surface area contributed by atoms with Gasteiger partial charge in [-0.05, 0) is 42.7 Å². The van der Waals surface area contributed by atoms with Crippen LogP contribution in [0.5, 0.6) is 5.75 Å². The highest BCUT2D eigenvalue weighted by molar-refractivity contribution is 5.95. The summed E-state index contributed by atoms with van der Waals surface area (Å²) in [6.45, 7) is 6.79. The number of furan rings is 1. The van der Waals surface area contributed by atoms with Crippen LogP contribution in [0.2, 0.25) is 0 Å². The smallest absolute Gasteiger partial charge is 0.287 e. The number of hydrogen-bond acceptors (Lipinski definition) is 4. The normalized spacial score (nSPS) is 11.9. The van der Waals surface area contributed by atoms with Crippen LogP contribution in [-0.2, 0) is 11.3 Å². The zero-order chi connectivity index (χ0) is 19.1. The largest absolute Gasteiger partial charge is 0.494 e. The number of nitrogens with one attached hydrogen (secondary N) is 1. The van der Waals surface area contributed by atoms with Crippen LogP contribution in [0.25, 0.3) is 0 Å². The Kier molecular flexibility index (Phi) is 6.83. The minimum atomic E-state index is -0.625. The number of nitrogens with zero attached hydrogens (tertiary/aromatic N) is 1. The fraction of sp³-hybridized carbons (Fsp3) is 0.400. The molecule has 2 amide bonds. The first-order valence-corrected chi connectivity index (χ1v) is 8.73.